The van der Waals surface area contributed by atoms with Gasteiger partial charge in [-0.15, -0.1) is 0 Å². The maximum absolute atomic E-state index is 5.08. The van der Waals surface area contributed by atoms with E-state index in [1.165, 1.54) is 65.0 Å². The first kappa shape index (κ1) is 24.9. The van der Waals surface area contributed by atoms with Crippen molar-refractivity contribution in [3.05, 3.63) is 151 Å². The highest BCUT2D eigenvalue weighted by molar-refractivity contribution is 6.21. The first-order valence-corrected chi connectivity index (χ1v) is 15.3. The molecular weight excluding hydrogens is 532 g/mol. The molecule has 8 aromatic rings. The number of hydrogen-bond donors (Lipinski definition) is 0. The largest absolute Gasteiger partial charge is 0.236 e. The SMILES string of the molecule is C1=CCCC(c2c3ccccc3c(-c3ncc(-c4cc5c6ccccc6ccc5c5ccccc45)cn3)c3ccccc23)=C1. The summed E-state index contributed by atoms with van der Waals surface area (Å²) >= 11 is 0. The van der Waals surface area contributed by atoms with Crippen molar-refractivity contribution in [1.82, 2.24) is 9.97 Å². The van der Waals surface area contributed by atoms with Gasteiger partial charge in [-0.05, 0) is 89.5 Å². The topological polar surface area (TPSA) is 25.8 Å². The van der Waals surface area contributed by atoms with Crippen LogP contribution in [-0.4, -0.2) is 9.97 Å². The highest BCUT2D eigenvalue weighted by atomic mass is 14.9. The third kappa shape index (κ3) is 3.81. The number of nitrogens with zero attached hydrogens (tertiary/aromatic N) is 2. The average molecular weight is 561 g/mol. The van der Waals surface area contributed by atoms with E-state index < -0.39 is 0 Å². The predicted octanol–water partition coefficient (Wildman–Crippen LogP) is 11.3. The van der Waals surface area contributed by atoms with E-state index in [1.54, 1.807) is 0 Å². The highest BCUT2D eigenvalue weighted by Gasteiger charge is 2.19. The smallest absolute Gasteiger partial charge is 0.160 e. The number of hydrogen-bond acceptors (Lipinski definition) is 2. The van der Waals surface area contributed by atoms with Crippen LogP contribution in [0, 0.1) is 0 Å². The van der Waals surface area contributed by atoms with Gasteiger partial charge in [0.15, 0.2) is 5.82 Å². The molecular formula is C42H28N2. The van der Waals surface area contributed by atoms with Gasteiger partial charge in [0.05, 0.1) is 0 Å². The number of aromatic nitrogens is 2. The fourth-order valence-corrected chi connectivity index (χ4v) is 7.22. The molecule has 0 amide bonds. The average Bonchev–Trinajstić information content (AvgIpc) is 3.10. The minimum absolute atomic E-state index is 0.751. The number of rotatable bonds is 3. The summed E-state index contributed by atoms with van der Waals surface area (Å²) in [7, 11) is 0. The van der Waals surface area contributed by atoms with E-state index in [1.807, 2.05) is 12.4 Å². The molecule has 0 fully saturated rings. The lowest BCUT2D eigenvalue weighted by atomic mass is 9.85. The van der Waals surface area contributed by atoms with E-state index in [-0.39, 0.29) is 0 Å². The molecule has 0 unspecified atom stereocenters. The first-order valence-electron chi connectivity index (χ1n) is 15.3. The first-order chi connectivity index (χ1) is 21.8. The molecule has 44 heavy (non-hydrogen) atoms. The molecule has 1 heterocycles. The lowest BCUT2D eigenvalue weighted by molar-refractivity contribution is 1.06. The Hall–Kier alpha value is -5.60. The van der Waals surface area contributed by atoms with Crippen LogP contribution in [0.3, 0.4) is 0 Å². The van der Waals surface area contributed by atoms with Gasteiger partial charge in [0.2, 0.25) is 0 Å². The van der Waals surface area contributed by atoms with Crippen molar-refractivity contribution in [3.63, 3.8) is 0 Å². The van der Waals surface area contributed by atoms with Crippen molar-refractivity contribution in [2.45, 2.75) is 12.8 Å². The second-order valence-electron chi connectivity index (χ2n) is 11.6. The van der Waals surface area contributed by atoms with Crippen LogP contribution in [0.1, 0.15) is 18.4 Å². The lowest BCUT2D eigenvalue weighted by Crippen LogP contribution is -1.97. The van der Waals surface area contributed by atoms with Gasteiger partial charge in [-0.2, -0.15) is 0 Å². The Kier molecular flexibility index (Phi) is 5.67. The van der Waals surface area contributed by atoms with Gasteiger partial charge in [-0.3, -0.25) is 0 Å². The Morgan fingerprint density at radius 2 is 1.05 bits per heavy atom. The third-order valence-electron chi connectivity index (χ3n) is 9.22. The molecule has 0 N–H and O–H groups in total. The zero-order valence-electron chi connectivity index (χ0n) is 24.2. The fraction of sp³-hybridized carbons (Fsp3) is 0.0476. The van der Waals surface area contributed by atoms with Crippen LogP contribution in [0.4, 0.5) is 0 Å². The Morgan fingerprint density at radius 3 is 1.70 bits per heavy atom. The number of benzene rings is 7. The number of allylic oxidation sites excluding steroid dienone is 4. The molecule has 1 aromatic heterocycles. The van der Waals surface area contributed by atoms with Crippen LogP contribution in [0.5, 0.6) is 0 Å². The van der Waals surface area contributed by atoms with E-state index in [9.17, 15) is 0 Å². The minimum atomic E-state index is 0.751. The zero-order valence-corrected chi connectivity index (χ0v) is 24.2. The van der Waals surface area contributed by atoms with Crippen LogP contribution in [0.25, 0.3) is 82.0 Å². The van der Waals surface area contributed by atoms with Gasteiger partial charge in [-0.25, -0.2) is 9.97 Å². The van der Waals surface area contributed by atoms with Crippen LogP contribution < -0.4 is 0 Å². The summed E-state index contributed by atoms with van der Waals surface area (Å²) in [5.74, 6) is 0.751. The molecule has 0 spiro atoms. The molecule has 0 aliphatic heterocycles. The van der Waals surface area contributed by atoms with Gasteiger partial charge in [0, 0.05) is 23.5 Å². The standard InChI is InChI=1S/C42H28N2/c1-2-13-28(14-3-1)40-34-18-8-10-20-36(34)41(37-21-11-9-19-35(37)40)42-43-25-29(26-44-42)38-24-39-30-15-5-4-12-27(30)22-23-33(39)31-16-6-7-17-32(31)38/h1-2,4-13,15-26H,3,14H2. The Balaban J connectivity index is 1.27. The van der Waals surface area contributed by atoms with Crippen molar-refractivity contribution in [1.29, 1.82) is 0 Å². The lowest BCUT2D eigenvalue weighted by Gasteiger charge is -2.19. The summed E-state index contributed by atoms with van der Waals surface area (Å²) in [5.41, 5.74) is 5.98. The monoisotopic (exact) mass is 560 g/mol. The summed E-state index contributed by atoms with van der Waals surface area (Å²) in [6.07, 6.45) is 12.8. The summed E-state index contributed by atoms with van der Waals surface area (Å²) in [5, 5.41) is 12.4. The molecule has 7 aromatic carbocycles. The van der Waals surface area contributed by atoms with Crippen molar-refractivity contribution in [2.24, 2.45) is 0 Å². The predicted molar refractivity (Wildman–Crippen MR) is 187 cm³/mol. The van der Waals surface area contributed by atoms with E-state index >= 15 is 0 Å². The Labute approximate surface area is 255 Å². The Bertz CT molecular complexity index is 2430. The van der Waals surface area contributed by atoms with Crippen molar-refractivity contribution in [2.75, 3.05) is 0 Å². The maximum Gasteiger partial charge on any atom is 0.160 e. The van der Waals surface area contributed by atoms with Gasteiger partial charge >= 0.3 is 0 Å². The maximum atomic E-state index is 5.08. The summed E-state index contributed by atoms with van der Waals surface area (Å²) < 4.78 is 0. The van der Waals surface area contributed by atoms with Crippen LogP contribution in [-0.2, 0) is 0 Å². The molecule has 0 radical (unpaired) electrons. The summed E-state index contributed by atoms with van der Waals surface area (Å²) in [4.78, 5) is 10.2. The summed E-state index contributed by atoms with van der Waals surface area (Å²) in [6, 6.07) is 41.6. The Morgan fingerprint density at radius 1 is 0.477 bits per heavy atom. The second kappa shape index (κ2) is 10.00. The molecule has 0 atom stereocenters. The molecule has 9 rings (SSSR count). The highest BCUT2D eigenvalue weighted by Crippen LogP contribution is 2.43. The molecule has 0 saturated heterocycles. The molecule has 1 aliphatic carbocycles. The molecule has 2 heteroatoms. The zero-order chi connectivity index (χ0) is 29.0. The minimum Gasteiger partial charge on any atom is -0.236 e. The van der Waals surface area contributed by atoms with Gasteiger partial charge in [-0.1, -0.05) is 127 Å². The second-order valence-corrected chi connectivity index (χ2v) is 11.6. The summed E-state index contributed by atoms with van der Waals surface area (Å²) in [6.45, 7) is 0. The van der Waals surface area contributed by atoms with Crippen LogP contribution >= 0.6 is 0 Å². The van der Waals surface area contributed by atoms with Crippen molar-refractivity contribution in [3.8, 4) is 22.5 Å². The van der Waals surface area contributed by atoms with Crippen molar-refractivity contribution < 1.29 is 0 Å². The number of fused-ring (bicyclic) bond motifs is 7. The van der Waals surface area contributed by atoms with E-state index in [4.69, 9.17) is 9.97 Å². The van der Waals surface area contributed by atoms with E-state index in [0.29, 0.717) is 0 Å². The quantitative estimate of drug-likeness (QED) is 0.159. The van der Waals surface area contributed by atoms with E-state index in [2.05, 4.69) is 133 Å². The normalized spacial score (nSPS) is 13.3. The fourth-order valence-electron chi connectivity index (χ4n) is 7.22. The van der Waals surface area contributed by atoms with Crippen LogP contribution in [0.15, 0.2) is 146 Å². The molecule has 1 aliphatic rings. The van der Waals surface area contributed by atoms with E-state index in [0.717, 1.165) is 35.4 Å². The van der Waals surface area contributed by atoms with Crippen LogP contribution in [0.2, 0.25) is 0 Å². The molecule has 2 nitrogen and oxygen atoms in total. The third-order valence-corrected chi connectivity index (χ3v) is 9.22. The van der Waals surface area contributed by atoms with Crippen molar-refractivity contribution >= 4 is 59.4 Å². The molecule has 0 saturated carbocycles. The molecule has 206 valence electrons. The van der Waals surface area contributed by atoms with Gasteiger partial charge in [0.1, 0.15) is 0 Å². The van der Waals surface area contributed by atoms with Gasteiger partial charge in [0.25, 0.3) is 0 Å². The van der Waals surface area contributed by atoms with Gasteiger partial charge < -0.3 is 0 Å². The molecule has 0 bridgehead atoms.